The van der Waals surface area contributed by atoms with E-state index in [4.69, 9.17) is 14.3 Å². The number of benzene rings is 2. The van der Waals surface area contributed by atoms with Gasteiger partial charge in [-0.25, -0.2) is 9.59 Å². The average molecular weight is 595 g/mol. The van der Waals surface area contributed by atoms with Crippen molar-refractivity contribution in [2.45, 2.75) is 47.1 Å². The van der Waals surface area contributed by atoms with Crippen molar-refractivity contribution in [3.8, 4) is 5.75 Å². The fourth-order valence-corrected chi connectivity index (χ4v) is 5.24. The van der Waals surface area contributed by atoms with Crippen molar-refractivity contribution in [3.63, 3.8) is 0 Å². The van der Waals surface area contributed by atoms with Crippen LogP contribution in [0, 0.1) is 20.8 Å². The summed E-state index contributed by atoms with van der Waals surface area (Å²) in [6, 6.07) is 8.76. The van der Waals surface area contributed by atoms with E-state index in [0.29, 0.717) is 58.9 Å². The molecule has 2 aromatic rings. The number of aliphatic imine (C=N–C) groups is 1. The molecule has 0 amide bonds. The van der Waals surface area contributed by atoms with E-state index in [1.165, 1.54) is 12.1 Å². The van der Waals surface area contributed by atoms with Gasteiger partial charge in [-0.05, 0) is 99.3 Å². The van der Waals surface area contributed by atoms with Crippen LogP contribution in [0.1, 0.15) is 57.9 Å². The third-order valence-electron chi connectivity index (χ3n) is 6.75. The second-order valence-corrected chi connectivity index (χ2v) is 12.0. The Balaban J connectivity index is 2.08. The van der Waals surface area contributed by atoms with Gasteiger partial charge in [0.05, 0.1) is 22.6 Å². The highest BCUT2D eigenvalue weighted by Gasteiger charge is 2.25. The van der Waals surface area contributed by atoms with E-state index >= 15 is 0 Å². The lowest BCUT2D eigenvalue weighted by molar-refractivity contribution is -0.128. The van der Waals surface area contributed by atoms with Gasteiger partial charge in [-0.2, -0.15) is 8.42 Å². The number of hydrogen-bond acceptors (Lipinski definition) is 7. The Morgan fingerprint density at radius 1 is 1.00 bits per heavy atom. The van der Waals surface area contributed by atoms with Gasteiger partial charge >= 0.3 is 11.9 Å². The number of hydrogen-bond donors (Lipinski definition) is 2. The van der Waals surface area contributed by atoms with Gasteiger partial charge < -0.3 is 14.7 Å². The van der Waals surface area contributed by atoms with Crippen molar-refractivity contribution in [1.82, 2.24) is 4.90 Å². The summed E-state index contributed by atoms with van der Waals surface area (Å²) >= 11 is 0. The maximum absolute atomic E-state index is 14.1. The maximum Gasteiger partial charge on any atom is 0.344 e. The van der Waals surface area contributed by atoms with E-state index in [2.05, 4.69) is 0 Å². The van der Waals surface area contributed by atoms with Crippen molar-refractivity contribution in [3.05, 3.63) is 93.6 Å². The van der Waals surface area contributed by atoms with E-state index in [9.17, 15) is 23.1 Å². The zero-order chi connectivity index (χ0) is 31.0. The quantitative estimate of drug-likeness (QED) is 0.145. The molecular formula is C32H38N2O7S. The van der Waals surface area contributed by atoms with Crippen LogP contribution in [0.4, 0.5) is 0 Å². The molecule has 3 rings (SSSR count). The normalized spacial score (nSPS) is 15.4. The fourth-order valence-electron chi connectivity index (χ4n) is 4.74. The fraction of sp³-hybridized carbons (Fsp3) is 0.344. The minimum absolute atomic E-state index is 0.113. The molecule has 42 heavy (non-hydrogen) atoms. The number of ether oxygens (including phenoxy) is 1. The van der Waals surface area contributed by atoms with Crippen molar-refractivity contribution >= 4 is 33.3 Å². The van der Waals surface area contributed by atoms with Gasteiger partial charge in [0.1, 0.15) is 5.75 Å². The largest absolute Gasteiger partial charge is 0.478 e. The molecule has 0 radical (unpaired) electrons. The molecule has 0 unspecified atom stereocenters. The number of carbonyl (C=O) groups excluding carboxylic acids is 1. The SMILES string of the molecule is CCCN=C1C=CC=C/C1=C(\C(=O)Oc1c(C)cc(C(=O)O)cc1C)c1cc(CN(C)CCCS(=O)(=O)O)ccc1C. The molecule has 1 aliphatic carbocycles. The molecule has 2 N–H and O–H groups in total. The summed E-state index contributed by atoms with van der Waals surface area (Å²) in [7, 11) is -2.17. The van der Waals surface area contributed by atoms with Crippen LogP contribution in [0.5, 0.6) is 5.75 Å². The predicted octanol–water partition coefficient (Wildman–Crippen LogP) is 5.36. The van der Waals surface area contributed by atoms with E-state index in [1.54, 1.807) is 13.8 Å². The van der Waals surface area contributed by atoms with Crippen LogP contribution in [0.15, 0.2) is 65.2 Å². The third kappa shape index (κ3) is 8.82. The minimum atomic E-state index is -4.03. The summed E-state index contributed by atoms with van der Waals surface area (Å²) < 4.78 is 37.2. The number of aromatic carboxylic acids is 1. The molecule has 10 heteroatoms. The number of allylic oxidation sites excluding steroid dienone is 5. The first-order chi connectivity index (χ1) is 19.8. The Labute approximate surface area is 247 Å². The van der Waals surface area contributed by atoms with Gasteiger partial charge in [-0.1, -0.05) is 37.3 Å². The van der Waals surface area contributed by atoms with Crippen LogP contribution in [0.3, 0.4) is 0 Å². The monoisotopic (exact) mass is 594 g/mol. The number of aryl methyl sites for hydroxylation is 3. The second-order valence-electron chi connectivity index (χ2n) is 10.4. The summed E-state index contributed by atoms with van der Waals surface area (Å²) in [4.78, 5) is 32.3. The van der Waals surface area contributed by atoms with Crippen LogP contribution in [-0.4, -0.2) is 66.5 Å². The molecule has 9 nitrogen and oxygen atoms in total. The molecule has 0 bridgehead atoms. The van der Waals surface area contributed by atoms with Gasteiger partial charge in [0.2, 0.25) is 0 Å². The molecule has 224 valence electrons. The number of carboxylic acid groups (broad SMARTS) is 1. The Morgan fingerprint density at radius 2 is 1.67 bits per heavy atom. The molecule has 0 fully saturated rings. The summed E-state index contributed by atoms with van der Waals surface area (Å²) in [5.74, 6) is -1.67. The number of carbonyl (C=O) groups is 2. The highest BCUT2D eigenvalue weighted by molar-refractivity contribution is 7.85. The molecule has 0 atom stereocenters. The van der Waals surface area contributed by atoms with Gasteiger partial charge in [-0.15, -0.1) is 0 Å². The van der Waals surface area contributed by atoms with Crippen molar-refractivity contribution < 1.29 is 32.4 Å². The van der Waals surface area contributed by atoms with Crippen molar-refractivity contribution in [1.29, 1.82) is 0 Å². The summed E-state index contributed by atoms with van der Waals surface area (Å²) in [5.41, 5.74) is 5.20. The second kappa shape index (κ2) is 14.4. The first-order valence-electron chi connectivity index (χ1n) is 13.7. The molecule has 0 aromatic heterocycles. The van der Waals surface area contributed by atoms with Crippen molar-refractivity contribution in [2.75, 3.05) is 25.9 Å². The average Bonchev–Trinajstić information content (AvgIpc) is 2.91. The van der Waals surface area contributed by atoms with Crippen LogP contribution in [-0.2, 0) is 21.5 Å². The molecule has 0 spiro atoms. The van der Waals surface area contributed by atoms with Gasteiger partial charge in [0, 0.05) is 18.7 Å². The zero-order valence-electron chi connectivity index (χ0n) is 24.7. The Kier molecular flexibility index (Phi) is 11.2. The Hall–Kier alpha value is -3.86. The molecule has 0 heterocycles. The molecule has 0 saturated heterocycles. The number of rotatable bonds is 12. The first kappa shape index (κ1) is 32.7. The molecule has 0 saturated carbocycles. The van der Waals surface area contributed by atoms with Crippen LogP contribution < -0.4 is 4.74 Å². The third-order valence-corrected chi connectivity index (χ3v) is 7.56. The molecule has 1 aliphatic rings. The molecular weight excluding hydrogens is 556 g/mol. The summed E-state index contributed by atoms with van der Waals surface area (Å²) in [6.07, 6.45) is 8.52. The lowest BCUT2D eigenvalue weighted by Crippen LogP contribution is -2.22. The Bertz CT molecular complexity index is 1560. The maximum atomic E-state index is 14.1. The van der Waals surface area contributed by atoms with Gasteiger partial charge in [-0.3, -0.25) is 9.55 Å². The minimum Gasteiger partial charge on any atom is -0.478 e. The lowest BCUT2D eigenvalue weighted by atomic mass is 9.90. The standard InChI is InChI=1S/C32H38N2O7S/c1-6-14-33-28-11-8-7-10-26(28)29(32(37)41-30-22(3)17-25(31(35)36)18-23(30)4)27-19-24(13-12-21(27)2)20-34(5)15-9-16-42(38,39)40/h7-8,10-13,17-19H,6,9,14-16,20H2,1-5H3,(H,35,36)(H,38,39,40)/b29-26+,33-28?. The van der Waals surface area contributed by atoms with Gasteiger partial charge in [0.15, 0.2) is 0 Å². The smallest absolute Gasteiger partial charge is 0.344 e. The number of carboxylic acids is 1. The van der Waals surface area contributed by atoms with Crippen LogP contribution in [0.25, 0.3) is 5.57 Å². The van der Waals surface area contributed by atoms with E-state index in [1.807, 2.05) is 68.3 Å². The van der Waals surface area contributed by atoms with E-state index < -0.39 is 22.1 Å². The highest BCUT2D eigenvalue weighted by Crippen LogP contribution is 2.32. The molecule has 0 aliphatic heterocycles. The first-order valence-corrected chi connectivity index (χ1v) is 15.4. The number of esters is 1. The van der Waals surface area contributed by atoms with Crippen LogP contribution >= 0.6 is 0 Å². The van der Waals surface area contributed by atoms with E-state index in [-0.39, 0.29) is 17.7 Å². The number of nitrogens with zero attached hydrogens (tertiary/aromatic N) is 2. The summed E-state index contributed by atoms with van der Waals surface area (Å²) in [5, 5.41) is 9.43. The topological polar surface area (TPSA) is 134 Å². The Morgan fingerprint density at radius 3 is 2.29 bits per heavy atom. The zero-order valence-corrected chi connectivity index (χ0v) is 25.5. The summed E-state index contributed by atoms with van der Waals surface area (Å²) in [6.45, 7) is 8.86. The van der Waals surface area contributed by atoms with Gasteiger partial charge in [0.25, 0.3) is 10.1 Å². The highest BCUT2D eigenvalue weighted by atomic mass is 32.2. The predicted molar refractivity (Wildman–Crippen MR) is 165 cm³/mol. The van der Waals surface area contributed by atoms with Crippen molar-refractivity contribution in [2.24, 2.45) is 4.99 Å². The lowest BCUT2D eigenvalue weighted by Gasteiger charge is -2.20. The molecule has 2 aromatic carbocycles. The van der Waals surface area contributed by atoms with E-state index in [0.717, 1.165) is 17.5 Å². The van der Waals surface area contributed by atoms with Crippen LogP contribution in [0.2, 0.25) is 0 Å².